The van der Waals surface area contributed by atoms with Crippen molar-refractivity contribution >= 4 is 5.91 Å². The van der Waals surface area contributed by atoms with E-state index < -0.39 is 0 Å². The molecule has 1 amide bonds. The first-order valence-corrected chi connectivity index (χ1v) is 7.33. The standard InChI is InChI=1S/C18H19NO2/c20-18(12-14-6-2-1-3-7-14)19-13-17-16-9-5-4-8-15(16)10-11-21-17/h1-9,17H,10-13H2,(H,19,20)/t17-/m1/s1. The van der Waals surface area contributed by atoms with E-state index in [1.165, 1.54) is 11.1 Å². The highest BCUT2D eigenvalue weighted by atomic mass is 16.5. The van der Waals surface area contributed by atoms with Crippen LogP contribution in [0.3, 0.4) is 0 Å². The Morgan fingerprint density at radius 3 is 2.71 bits per heavy atom. The maximum Gasteiger partial charge on any atom is 0.224 e. The summed E-state index contributed by atoms with van der Waals surface area (Å²) in [5.41, 5.74) is 3.55. The third kappa shape index (κ3) is 3.50. The molecule has 108 valence electrons. The number of amides is 1. The third-order valence-corrected chi connectivity index (χ3v) is 3.78. The molecule has 0 aliphatic carbocycles. The van der Waals surface area contributed by atoms with Crippen molar-refractivity contribution in [3.63, 3.8) is 0 Å². The molecule has 2 aromatic carbocycles. The van der Waals surface area contributed by atoms with Gasteiger partial charge in [-0.3, -0.25) is 4.79 Å². The fourth-order valence-corrected chi connectivity index (χ4v) is 2.70. The predicted octanol–water partition coefficient (Wildman–Crippen LogP) is 2.66. The second kappa shape index (κ2) is 6.55. The van der Waals surface area contributed by atoms with Crippen molar-refractivity contribution in [1.82, 2.24) is 5.32 Å². The Bertz CT molecular complexity index is 610. The van der Waals surface area contributed by atoms with Crippen molar-refractivity contribution < 1.29 is 9.53 Å². The predicted molar refractivity (Wildman–Crippen MR) is 82.0 cm³/mol. The van der Waals surface area contributed by atoms with Gasteiger partial charge in [-0.2, -0.15) is 0 Å². The molecule has 1 atom stereocenters. The average molecular weight is 281 g/mol. The molecule has 1 heterocycles. The average Bonchev–Trinajstić information content (AvgIpc) is 2.54. The van der Waals surface area contributed by atoms with Gasteiger partial charge >= 0.3 is 0 Å². The van der Waals surface area contributed by atoms with Crippen LogP contribution in [0.2, 0.25) is 0 Å². The molecule has 0 aromatic heterocycles. The monoisotopic (exact) mass is 281 g/mol. The first-order valence-electron chi connectivity index (χ1n) is 7.33. The van der Waals surface area contributed by atoms with Crippen LogP contribution in [0.5, 0.6) is 0 Å². The Kier molecular flexibility index (Phi) is 4.31. The number of ether oxygens (including phenoxy) is 1. The second-order valence-corrected chi connectivity index (χ2v) is 5.27. The number of hydrogen-bond acceptors (Lipinski definition) is 2. The summed E-state index contributed by atoms with van der Waals surface area (Å²) in [7, 11) is 0. The van der Waals surface area contributed by atoms with Crippen molar-refractivity contribution in [1.29, 1.82) is 0 Å². The lowest BCUT2D eigenvalue weighted by atomic mass is 9.97. The molecule has 3 rings (SSSR count). The summed E-state index contributed by atoms with van der Waals surface area (Å²) in [6.07, 6.45) is 1.33. The van der Waals surface area contributed by atoms with Gasteiger partial charge in [0.15, 0.2) is 0 Å². The molecule has 0 fully saturated rings. The third-order valence-electron chi connectivity index (χ3n) is 3.78. The highest BCUT2D eigenvalue weighted by molar-refractivity contribution is 5.78. The Morgan fingerprint density at radius 2 is 1.86 bits per heavy atom. The largest absolute Gasteiger partial charge is 0.371 e. The van der Waals surface area contributed by atoms with Gasteiger partial charge < -0.3 is 10.1 Å². The lowest BCUT2D eigenvalue weighted by Gasteiger charge is -2.26. The fraction of sp³-hybridized carbons (Fsp3) is 0.278. The summed E-state index contributed by atoms with van der Waals surface area (Å²) in [6, 6.07) is 18.1. The molecular formula is C18H19NO2. The topological polar surface area (TPSA) is 38.3 Å². The summed E-state index contributed by atoms with van der Waals surface area (Å²) >= 11 is 0. The van der Waals surface area contributed by atoms with E-state index in [9.17, 15) is 4.79 Å². The van der Waals surface area contributed by atoms with Gasteiger partial charge in [-0.1, -0.05) is 54.6 Å². The Labute approximate surface area is 124 Å². The molecule has 1 aliphatic heterocycles. The van der Waals surface area contributed by atoms with E-state index in [1.807, 2.05) is 36.4 Å². The summed E-state index contributed by atoms with van der Waals surface area (Å²) < 4.78 is 5.79. The van der Waals surface area contributed by atoms with Gasteiger partial charge in [0.25, 0.3) is 0 Å². The second-order valence-electron chi connectivity index (χ2n) is 5.27. The van der Waals surface area contributed by atoms with E-state index in [0.29, 0.717) is 13.0 Å². The van der Waals surface area contributed by atoms with Crippen LogP contribution in [0.1, 0.15) is 22.8 Å². The number of carbonyl (C=O) groups excluding carboxylic acids is 1. The van der Waals surface area contributed by atoms with Crippen LogP contribution in [0, 0.1) is 0 Å². The van der Waals surface area contributed by atoms with Gasteiger partial charge in [0.2, 0.25) is 5.91 Å². The molecule has 3 nitrogen and oxygen atoms in total. The number of carbonyl (C=O) groups is 1. The lowest BCUT2D eigenvalue weighted by Crippen LogP contribution is -2.32. The molecule has 0 unspecified atom stereocenters. The van der Waals surface area contributed by atoms with E-state index in [4.69, 9.17) is 4.74 Å². The zero-order chi connectivity index (χ0) is 14.5. The molecule has 21 heavy (non-hydrogen) atoms. The summed E-state index contributed by atoms with van der Waals surface area (Å²) in [5, 5.41) is 2.98. The Morgan fingerprint density at radius 1 is 1.10 bits per heavy atom. The van der Waals surface area contributed by atoms with E-state index in [2.05, 4.69) is 23.5 Å². The van der Waals surface area contributed by atoms with Gasteiger partial charge in [0.1, 0.15) is 6.10 Å². The quantitative estimate of drug-likeness (QED) is 0.935. The normalized spacial score (nSPS) is 17.0. The van der Waals surface area contributed by atoms with Crippen molar-refractivity contribution in [2.45, 2.75) is 18.9 Å². The van der Waals surface area contributed by atoms with E-state index >= 15 is 0 Å². The van der Waals surface area contributed by atoms with Crippen LogP contribution in [0.15, 0.2) is 54.6 Å². The number of rotatable bonds is 4. The number of fused-ring (bicyclic) bond motifs is 1. The lowest BCUT2D eigenvalue weighted by molar-refractivity contribution is -0.121. The van der Waals surface area contributed by atoms with Crippen LogP contribution in [-0.2, 0) is 22.4 Å². The fourth-order valence-electron chi connectivity index (χ4n) is 2.70. The molecule has 1 N–H and O–H groups in total. The van der Waals surface area contributed by atoms with Crippen LogP contribution in [0.25, 0.3) is 0 Å². The molecule has 3 heteroatoms. The van der Waals surface area contributed by atoms with Crippen molar-refractivity contribution in [2.75, 3.05) is 13.2 Å². The number of hydrogen-bond donors (Lipinski definition) is 1. The summed E-state index contributed by atoms with van der Waals surface area (Å²) in [6.45, 7) is 1.25. The van der Waals surface area contributed by atoms with Gasteiger partial charge in [-0.05, 0) is 23.1 Å². The van der Waals surface area contributed by atoms with Crippen molar-refractivity contribution in [3.05, 3.63) is 71.3 Å². The first kappa shape index (κ1) is 13.8. The molecular weight excluding hydrogens is 262 g/mol. The molecule has 0 spiro atoms. The molecule has 0 radical (unpaired) electrons. The van der Waals surface area contributed by atoms with Gasteiger partial charge in [0.05, 0.1) is 13.0 Å². The maximum absolute atomic E-state index is 12.0. The number of benzene rings is 2. The smallest absolute Gasteiger partial charge is 0.224 e. The van der Waals surface area contributed by atoms with Crippen LogP contribution in [0.4, 0.5) is 0 Å². The minimum atomic E-state index is -0.0327. The molecule has 0 saturated heterocycles. The summed E-state index contributed by atoms with van der Waals surface area (Å²) in [5.74, 6) is 0.0351. The zero-order valence-corrected chi connectivity index (χ0v) is 11.9. The molecule has 0 bridgehead atoms. The van der Waals surface area contributed by atoms with Gasteiger partial charge in [0, 0.05) is 6.54 Å². The van der Waals surface area contributed by atoms with Gasteiger partial charge in [-0.15, -0.1) is 0 Å². The van der Waals surface area contributed by atoms with Crippen LogP contribution >= 0.6 is 0 Å². The van der Waals surface area contributed by atoms with E-state index in [0.717, 1.165) is 18.6 Å². The molecule has 1 aliphatic rings. The highest BCUT2D eigenvalue weighted by Crippen LogP contribution is 2.26. The highest BCUT2D eigenvalue weighted by Gasteiger charge is 2.20. The van der Waals surface area contributed by atoms with Crippen molar-refractivity contribution in [2.24, 2.45) is 0 Å². The van der Waals surface area contributed by atoms with E-state index in [-0.39, 0.29) is 12.0 Å². The first-order chi connectivity index (χ1) is 10.3. The Balaban J connectivity index is 1.57. The van der Waals surface area contributed by atoms with Crippen LogP contribution < -0.4 is 5.32 Å². The minimum Gasteiger partial charge on any atom is -0.371 e. The van der Waals surface area contributed by atoms with Gasteiger partial charge in [-0.25, -0.2) is 0 Å². The number of nitrogens with one attached hydrogen (secondary N) is 1. The van der Waals surface area contributed by atoms with Crippen molar-refractivity contribution in [3.8, 4) is 0 Å². The SMILES string of the molecule is O=C(Cc1ccccc1)NC[C@H]1OCCc2ccccc21. The van der Waals surface area contributed by atoms with E-state index in [1.54, 1.807) is 0 Å². The maximum atomic E-state index is 12.0. The summed E-state index contributed by atoms with van der Waals surface area (Å²) in [4.78, 5) is 12.0. The minimum absolute atomic E-state index is 0.0327. The van der Waals surface area contributed by atoms with Crippen LogP contribution in [-0.4, -0.2) is 19.1 Å². The molecule has 0 saturated carbocycles. The Hall–Kier alpha value is -2.13. The zero-order valence-electron chi connectivity index (χ0n) is 11.9. The molecule has 2 aromatic rings.